The average molecular weight is 436 g/mol. The van der Waals surface area contributed by atoms with Gasteiger partial charge in [0, 0.05) is 45.3 Å². The minimum Gasteiger partial charge on any atom is -0.389 e. The zero-order chi connectivity index (χ0) is 21.8. The molecule has 1 aromatic rings. The van der Waals surface area contributed by atoms with Gasteiger partial charge in [0.2, 0.25) is 5.91 Å². The lowest BCUT2D eigenvalue weighted by molar-refractivity contribution is -0.161. The van der Waals surface area contributed by atoms with Gasteiger partial charge in [-0.2, -0.15) is 0 Å². The number of ether oxygens (including phenoxy) is 2. The summed E-state index contributed by atoms with van der Waals surface area (Å²) >= 11 is 0. The fourth-order valence-corrected chi connectivity index (χ4v) is 4.88. The predicted molar refractivity (Wildman–Crippen MR) is 114 cm³/mol. The van der Waals surface area contributed by atoms with Crippen molar-refractivity contribution in [2.24, 2.45) is 0 Å². The molecule has 3 aliphatic heterocycles. The van der Waals surface area contributed by atoms with Gasteiger partial charge in [0.15, 0.2) is 0 Å². The number of carbonyl (C=O) groups excluding carboxylic acids is 1. The van der Waals surface area contributed by atoms with E-state index in [-0.39, 0.29) is 36.6 Å². The summed E-state index contributed by atoms with van der Waals surface area (Å²) in [6.45, 7) is 5.00. The number of aliphatic hydroxyl groups is 1. The van der Waals surface area contributed by atoms with Crippen molar-refractivity contribution in [3.8, 4) is 0 Å². The summed E-state index contributed by atoms with van der Waals surface area (Å²) < 4.78 is 25.7. The Morgan fingerprint density at radius 1 is 1.19 bits per heavy atom. The van der Waals surface area contributed by atoms with Crippen molar-refractivity contribution in [2.45, 2.75) is 50.2 Å². The van der Waals surface area contributed by atoms with Crippen LogP contribution in [0.4, 0.5) is 4.39 Å². The first-order chi connectivity index (χ1) is 15.0. The van der Waals surface area contributed by atoms with Crippen molar-refractivity contribution in [3.63, 3.8) is 0 Å². The van der Waals surface area contributed by atoms with Gasteiger partial charge in [-0.05, 0) is 37.6 Å². The van der Waals surface area contributed by atoms with Gasteiger partial charge in [-0.15, -0.1) is 0 Å². The van der Waals surface area contributed by atoms with Crippen LogP contribution in [-0.4, -0.2) is 103 Å². The second-order valence-electron chi connectivity index (χ2n) is 9.08. The molecule has 0 radical (unpaired) electrons. The molecule has 3 fully saturated rings. The summed E-state index contributed by atoms with van der Waals surface area (Å²) in [5.41, 5.74) is 0.875. The molecule has 0 unspecified atom stereocenters. The Hall–Kier alpha value is -1.58. The molecule has 172 valence electrons. The Kier molecular flexibility index (Phi) is 7.55. The molecule has 7 nitrogen and oxygen atoms in total. The Balaban J connectivity index is 1.38. The maximum Gasteiger partial charge on any atom is 0.225 e. The highest BCUT2D eigenvalue weighted by molar-refractivity contribution is 5.76. The van der Waals surface area contributed by atoms with Gasteiger partial charge in [0.05, 0.1) is 37.9 Å². The fraction of sp³-hybridized carbons (Fsp3) is 0.696. The number of nitrogens with zero attached hydrogens (tertiary/aromatic N) is 3. The first-order valence-electron chi connectivity index (χ1n) is 11.3. The topological polar surface area (TPSA) is 65.5 Å². The molecule has 8 heteroatoms. The summed E-state index contributed by atoms with van der Waals surface area (Å²) in [4.78, 5) is 19.1. The third kappa shape index (κ3) is 6.02. The van der Waals surface area contributed by atoms with E-state index < -0.39 is 6.10 Å². The van der Waals surface area contributed by atoms with Crippen LogP contribution >= 0.6 is 0 Å². The van der Waals surface area contributed by atoms with Crippen molar-refractivity contribution >= 4 is 5.91 Å². The Bertz CT molecular complexity index is 743. The van der Waals surface area contributed by atoms with E-state index in [1.807, 2.05) is 11.0 Å². The molecule has 31 heavy (non-hydrogen) atoms. The SMILES string of the molecule is CN1CCN(C(=O)C[C@@H]2CC[C@H]3[C@@H](COC[C@@H](O)CN3Cc3cccc(F)c3)O2)CC1. The molecule has 0 aliphatic carbocycles. The van der Waals surface area contributed by atoms with Crippen LogP contribution in [0, 0.1) is 5.82 Å². The number of hydrogen-bond donors (Lipinski definition) is 1. The van der Waals surface area contributed by atoms with Crippen molar-refractivity contribution in [1.29, 1.82) is 0 Å². The van der Waals surface area contributed by atoms with Crippen LogP contribution in [0.25, 0.3) is 0 Å². The standard InChI is InChI=1S/C23H34FN3O4/c1-25-7-9-26(10-8-25)23(29)12-20-5-6-21-22(31-20)16-30-15-19(28)14-27(21)13-17-3-2-4-18(24)11-17/h2-4,11,19-22,28H,5-10,12-16H2,1H3/t19-,20-,21-,22+/m0/s1. The van der Waals surface area contributed by atoms with E-state index >= 15 is 0 Å². The van der Waals surface area contributed by atoms with E-state index in [2.05, 4.69) is 16.8 Å². The lowest BCUT2D eigenvalue weighted by atomic mass is 9.94. The maximum atomic E-state index is 13.7. The van der Waals surface area contributed by atoms with Crippen LogP contribution in [0.15, 0.2) is 24.3 Å². The number of likely N-dealkylation sites (N-methyl/N-ethyl adjacent to an activating group) is 1. The monoisotopic (exact) mass is 435 g/mol. The third-order valence-electron chi connectivity index (χ3n) is 6.62. The zero-order valence-corrected chi connectivity index (χ0v) is 18.3. The lowest BCUT2D eigenvalue weighted by Crippen LogP contribution is -2.55. The molecule has 0 aromatic heterocycles. The van der Waals surface area contributed by atoms with Gasteiger partial charge in [0.1, 0.15) is 5.82 Å². The van der Waals surface area contributed by atoms with Crippen LogP contribution < -0.4 is 0 Å². The van der Waals surface area contributed by atoms with Gasteiger partial charge in [-0.3, -0.25) is 9.69 Å². The minimum atomic E-state index is -0.592. The number of carbonyl (C=O) groups is 1. The zero-order valence-electron chi connectivity index (χ0n) is 18.3. The number of aliphatic hydroxyl groups excluding tert-OH is 1. The van der Waals surface area contributed by atoms with Crippen LogP contribution in [0.3, 0.4) is 0 Å². The maximum absolute atomic E-state index is 13.7. The molecule has 0 saturated carbocycles. The molecule has 4 rings (SSSR count). The summed E-state index contributed by atoms with van der Waals surface area (Å²) in [6, 6.07) is 6.66. The third-order valence-corrected chi connectivity index (χ3v) is 6.62. The summed E-state index contributed by atoms with van der Waals surface area (Å²) in [7, 11) is 2.08. The van der Waals surface area contributed by atoms with Crippen molar-refractivity contribution in [2.75, 3.05) is 53.0 Å². The Morgan fingerprint density at radius 3 is 2.77 bits per heavy atom. The normalized spacial score (nSPS) is 31.0. The van der Waals surface area contributed by atoms with Crippen LogP contribution in [0.2, 0.25) is 0 Å². The molecule has 3 heterocycles. The molecular weight excluding hydrogens is 401 g/mol. The molecule has 0 bridgehead atoms. The molecule has 0 spiro atoms. The minimum absolute atomic E-state index is 0.0632. The second-order valence-corrected chi connectivity index (χ2v) is 9.08. The first kappa shape index (κ1) is 22.6. The van der Waals surface area contributed by atoms with Gasteiger partial charge < -0.3 is 24.4 Å². The number of fused-ring (bicyclic) bond motifs is 1. The number of β-amino-alcohol motifs (C(OH)–C–C–N with tert-alkyl or cyclic N) is 1. The number of piperazine rings is 1. The smallest absolute Gasteiger partial charge is 0.225 e. The lowest BCUT2D eigenvalue weighted by Gasteiger charge is -2.45. The fourth-order valence-electron chi connectivity index (χ4n) is 4.88. The molecule has 1 amide bonds. The van der Waals surface area contributed by atoms with E-state index in [1.165, 1.54) is 12.1 Å². The highest BCUT2D eigenvalue weighted by Crippen LogP contribution is 2.29. The molecule has 3 aliphatic rings. The first-order valence-corrected chi connectivity index (χ1v) is 11.3. The second kappa shape index (κ2) is 10.4. The van der Waals surface area contributed by atoms with Crippen LogP contribution in [0.5, 0.6) is 0 Å². The Labute approximate surface area is 183 Å². The van der Waals surface area contributed by atoms with Crippen molar-refractivity contribution in [3.05, 3.63) is 35.6 Å². The number of benzene rings is 1. The van der Waals surface area contributed by atoms with E-state index in [9.17, 15) is 14.3 Å². The van der Waals surface area contributed by atoms with E-state index in [0.29, 0.717) is 26.1 Å². The quantitative estimate of drug-likeness (QED) is 0.764. The van der Waals surface area contributed by atoms with Gasteiger partial charge in [-0.25, -0.2) is 4.39 Å². The highest BCUT2D eigenvalue weighted by atomic mass is 19.1. The largest absolute Gasteiger partial charge is 0.389 e. The summed E-state index contributed by atoms with van der Waals surface area (Å²) in [6.07, 6.45) is 1.18. The van der Waals surface area contributed by atoms with Gasteiger partial charge >= 0.3 is 0 Å². The van der Waals surface area contributed by atoms with Gasteiger partial charge in [-0.1, -0.05) is 12.1 Å². The summed E-state index contributed by atoms with van der Waals surface area (Å²) in [5.74, 6) is -0.0947. The van der Waals surface area contributed by atoms with Crippen LogP contribution in [-0.2, 0) is 20.8 Å². The highest BCUT2D eigenvalue weighted by Gasteiger charge is 2.38. The number of rotatable bonds is 4. The average Bonchev–Trinajstić information content (AvgIpc) is 2.73. The Morgan fingerprint density at radius 2 is 2.00 bits per heavy atom. The van der Waals surface area contributed by atoms with Crippen LogP contribution in [0.1, 0.15) is 24.8 Å². The number of amides is 1. The molecule has 1 aromatic carbocycles. The van der Waals surface area contributed by atoms with Crippen molar-refractivity contribution < 1.29 is 23.8 Å². The molecular formula is C23H34FN3O4. The molecule has 1 N–H and O–H groups in total. The van der Waals surface area contributed by atoms with E-state index in [4.69, 9.17) is 9.47 Å². The number of hydrogen-bond acceptors (Lipinski definition) is 6. The molecule has 4 atom stereocenters. The number of halogens is 1. The molecule has 3 saturated heterocycles. The summed E-state index contributed by atoms with van der Waals surface area (Å²) in [5, 5.41) is 10.3. The van der Waals surface area contributed by atoms with Crippen molar-refractivity contribution in [1.82, 2.24) is 14.7 Å². The predicted octanol–water partition coefficient (Wildman–Crippen LogP) is 1.10. The van der Waals surface area contributed by atoms with E-state index in [0.717, 1.165) is 44.6 Å². The van der Waals surface area contributed by atoms with E-state index in [1.54, 1.807) is 6.07 Å². The van der Waals surface area contributed by atoms with Gasteiger partial charge in [0.25, 0.3) is 0 Å².